The standard InChI is InChI=1S/C19H35N5O4/c1-19(2,3)28-18(26)24-9-8-14(13-24)22-17(21-12-16(25)23(4)5)20-11-15-7-6-10-27-15/h14-15H,6-13H2,1-5H3,(H2,20,21,22). The van der Waals surface area contributed by atoms with Gasteiger partial charge in [0.2, 0.25) is 5.91 Å². The summed E-state index contributed by atoms with van der Waals surface area (Å²) < 4.78 is 11.1. The average molecular weight is 398 g/mol. The normalized spacial score (nSPS) is 22.9. The number of hydrogen-bond acceptors (Lipinski definition) is 5. The van der Waals surface area contributed by atoms with Crippen LogP contribution in [0.15, 0.2) is 4.99 Å². The minimum Gasteiger partial charge on any atom is -0.444 e. The molecule has 2 fully saturated rings. The zero-order valence-corrected chi connectivity index (χ0v) is 17.8. The zero-order valence-electron chi connectivity index (χ0n) is 17.8. The summed E-state index contributed by atoms with van der Waals surface area (Å²) in [6, 6.07) is 0.0534. The molecule has 0 saturated carbocycles. The molecule has 2 atom stereocenters. The van der Waals surface area contributed by atoms with Gasteiger partial charge in [-0.2, -0.15) is 0 Å². The predicted molar refractivity (Wildman–Crippen MR) is 107 cm³/mol. The Morgan fingerprint density at radius 3 is 2.64 bits per heavy atom. The first-order valence-corrected chi connectivity index (χ1v) is 9.98. The van der Waals surface area contributed by atoms with Crippen molar-refractivity contribution in [2.75, 3.05) is 46.9 Å². The van der Waals surface area contributed by atoms with E-state index in [0.29, 0.717) is 25.6 Å². The summed E-state index contributed by atoms with van der Waals surface area (Å²) in [5, 5.41) is 6.62. The van der Waals surface area contributed by atoms with E-state index in [9.17, 15) is 9.59 Å². The number of amides is 2. The number of aliphatic imine (C=N–C) groups is 1. The molecule has 0 bridgehead atoms. The van der Waals surface area contributed by atoms with Crippen LogP contribution in [0.3, 0.4) is 0 Å². The molecule has 0 aromatic heterocycles. The van der Waals surface area contributed by atoms with Gasteiger partial charge in [-0.05, 0) is 40.0 Å². The van der Waals surface area contributed by atoms with E-state index in [1.807, 2.05) is 20.8 Å². The first-order valence-electron chi connectivity index (χ1n) is 9.98. The fourth-order valence-corrected chi connectivity index (χ4v) is 3.02. The Bertz CT molecular complexity index is 567. The number of nitrogens with one attached hydrogen (secondary N) is 2. The van der Waals surface area contributed by atoms with Gasteiger partial charge in [-0.1, -0.05) is 0 Å². The monoisotopic (exact) mass is 397 g/mol. The summed E-state index contributed by atoms with van der Waals surface area (Å²) >= 11 is 0. The van der Waals surface area contributed by atoms with Gasteiger partial charge in [0.1, 0.15) is 12.1 Å². The summed E-state index contributed by atoms with van der Waals surface area (Å²) in [7, 11) is 3.42. The molecule has 0 aliphatic carbocycles. The zero-order chi connectivity index (χ0) is 20.7. The second-order valence-corrected chi connectivity index (χ2v) is 8.53. The number of carbonyl (C=O) groups excluding carboxylic acids is 2. The van der Waals surface area contributed by atoms with Crippen LogP contribution in [-0.4, -0.2) is 92.4 Å². The van der Waals surface area contributed by atoms with E-state index in [1.165, 1.54) is 4.90 Å². The summed E-state index contributed by atoms with van der Waals surface area (Å²) in [6.45, 7) is 8.24. The lowest BCUT2D eigenvalue weighted by molar-refractivity contribution is -0.127. The number of guanidine groups is 1. The Balaban J connectivity index is 1.90. The van der Waals surface area contributed by atoms with Gasteiger partial charge in [0.05, 0.1) is 6.10 Å². The van der Waals surface area contributed by atoms with Crippen LogP contribution in [0.5, 0.6) is 0 Å². The lowest BCUT2D eigenvalue weighted by atomic mass is 10.2. The van der Waals surface area contributed by atoms with Gasteiger partial charge in [0, 0.05) is 46.4 Å². The Hall–Kier alpha value is -2.03. The number of hydrogen-bond donors (Lipinski definition) is 2. The van der Waals surface area contributed by atoms with E-state index >= 15 is 0 Å². The van der Waals surface area contributed by atoms with Gasteiger partial charge in [-0.15, -0.1) is 0 Å². The van der Waals surface area contributed by atoms with Crippen molar-refractivity contribution in [3.63, 3.8) is 0 Å². The number of likely N-dealkylation sites (tertiary alicyclic amines) is 1. The molecule has 160 valence electrons. The van der Waals surface area contributed by atoms with Crippen LogP contribution < -0.4 is 10.6 Å². The second-order valence-electron chi connectivity index (χ2n) is 8.53. The number of rotatable bonds is 5. The summed E-state index contributed by atoms with van der Waals surface area (Å²) in [4.78, 5) is 31.8. The van der Waals surface area contributed by atoms with E-state index in [2.05, 4.69) is 15.6 Å². The highest BCUT2D eigenvalue weighted by atomic mass is 16.6. The Morgan fingerprint density at radius 2 is 2.04 bits per heavy atom. The van der Waals surface area contributed by atoms with Crippen LogP contribution in [0, 0.1) is 0 Å². The van der Waals surface area contributed by atoms with Crippen molar-refractivity contribution in [1.29, 1.82) is 0 Å². The first kappa shape index (κ1) is 22.3. The molecule has 2 aliphatic rings. The van der Waals surface area contributed by atoms with E-state index in [0.717, 1.165) is 25.9 Å². The van der Waals surface area contributed by atoms with Crippen molar-refractivity contribution in [2.45, 2.75) is 57.8 Å². The van der Waals surface area contributed by atoms with Crippen LogP contribution >= 0.6 is 0 Å². The van der Waals surface area contributed by atoms with Crippen LogP contribution in [0.25, 0.3) is 0 Å². The van der Waals surface area contributed by atoms with Gasteiger partial charge in [-0.25, -0.2) is 9.79 Å². The molecule has 0 spiro atoms. The third kappa shape index (κ3) is 7.53. The number of nitrogens with zero attached hydrogens (tertiary/aromatic N) is 3. The second kappa shape index (κ2) is 9.95. The molecule has 0 aromatic rings. The van der Waals surface area contributed by atoms with Crippen molar-refractivity contribution >= 4 is 18.0 Å². The van der Waals surface area contributed by atoms with Crippen molar-refractivity contribution in [1.82, 2.24) is 20.4 Å². The summed E-state index contributed by atoms with van der Waals surface area (Å²) in [5.74, 6) is 0.502. The van der Waals surface area contributed by atoms with Crippen LogP contribution in [0.2, 0.25) is 0 Å². The van der Waals surface area contributed by atoms with Crippen molar-refractivity contribution < 1.29 is 19.1 Å². The van der Waals surface area contributed by atoms with Crippen molar-refractivity contribution in [3.05, 3.63) is 0 Å². The van der Waals surface area contributed by atoms with Crippen LogP contribution in [-0.2, 0) is 14.3 Å². The molecule has 2 N–H and O–H groups in total. The molecule has 2 amide bonds. The topological polar surface area (TPSA) is 95.5 Å². The molecule has 0 radical (unpaired) electrons. The van der Waals surface area contributed by atoms with Gasteiger partial charge >= 0.3 is 6.09 Å². The highest BCUT2D eigenvalue weighted by Crippen LogP contribution is 2.15. The maximum absolute atomic E-state index is 12.2. The van der Waals surface area contributed by atoms with E-state index < -0.39 is 5.60 Å². The summed E-state index contributed by atoms with van der Waals surface area (Å²) in [5.41, 5.74) is -0.509. The third-order valence-corrected chi connectivity index (χ3v) is 4.57. The van der Waals surface area contributed by atoms with Gasteiger partial charge < -0.3 is 29.9 Å². The smallest absolute Gasteiger partial charge is 0.410 e. The first-order chi connectivity index (χ1) is 13.1. The molecule has 9 nitrogen and oxygen atoms in total. The highest BCUT2D eigenvalue weighted by molar-refractivity contribution is 5.85. The Labute approximate surface area is 167 Å². The van der Waals surface area contributed by atoms with Gasteiger partial charge in [0.15, 0.2) is 5.96 Å². The molecule has 2 saturated heterocycles. The minimum atomic E-state index is -0.509. The maximum atomic E-state index is 12.2. The van der Waals surface area contributed by atoms with E-state index in [-0.39, 0.29) is 30.7 Å². The molecule has 0 aromatic carbocycles. The van der Waals surface area contributed by atoms with Crippen LogP contribution in [0.4, 0.5) is 4.79 Å². The van der Waals surface area contributed by atoms with Crippen molar-refractivity contribution in [3.8, 4) is 0 Å². The largest absolute Gasteiger partial charge is 0.444 e. The number of likely N-dealkylation sites (N-methyl/N-ethyl adjacent to an activating group) is 1. The molecular weight excluding hydrogens is 362 g/mol. The molecular formula is C19H35N5O4. The maximum Gasteiger partial charge on any atom is 0.410 e. The molecule has 28 heavy (non-hydrogen) atoms. The SMILES string of the molecule is CN(C)C(=O)CN=C(NCC1CCCO1)NC1CCN(C(=O)OC(C)(C)C)C1. The van der Waals surface area contributed by atoms with Crippen LogP contribution in [0.1, 0.15) is 40.0 Å². The minimum absolute atomic E-state index is 0.0534. The molecule has 9 heteroatoms. The van der Waals surface area contributed by atoms with Crippen molar-refractivity contribution in [2.24, 2.45) is 4.99 Å². The number of carbonyl (C=O) groups is 2. The lowest BCUT2D eigenvalue weighted by Crippen LogP contribution is -2.47. The third-order valence-electron chi connectivity index (χ3n) is 4.57. The Kier molecular flexibility index (Phi) is 7.91. The van der Waals surface area contributed by atoms with E-state index in [4.69, 9.17) is 9.47 Å². The van der Waals surface area contributed by atoms with Gasteiger partial charge in [-0.3, -0.25) is 4.79 Å². The fraction of sp³-hybridized carbons (Fsp3) is 0.842. The van der Waals surface area contributed by atoms with Gasteiger partial charge in [0.25, 0.3) is 0 Å². The number of ether oxygens (including phenoxy) is 2. The molecule has 2 unspecified atom stereocenters. The predicted octanol–water partition coefficient (Wildman–Crippen LogP) is 0.798. The fourth-order valence-electron chi connectivity index (χ4n) is 3.02. The quantitative estimate of drug-likeness (QED) is 0.526. The Morgan fingerprint density at radius 1 is 1.29 bits per heavy atom. The average Bonchev–Trinajstić information content (AvgIpc) is 3.27. The van der Waals surface area contributed by atoms with E-state index in [1.54, 1.807) is 19.0 Å². The highest BCUT2D eigenvalue weighted by Gasteiger charge is 2.30. The molecule has 2 heterocycles. The summed E-state index contributed by atoms with van der Waals surface area (Å²) in [6.07, 6.45) is 2.75. The lowest BCUT2D eigenvalue weighted by Gasteiger charge is -2.24. The molecule has 2 aliphatic heterocycles. The molecule has 2 rings (SSSR count).